The molecule has 4 heteroatoms. The minimum Gasteiger partial charge on any atom is -0.456 e. The van der Waals surface area contributed by atoms with Crippen LogP contribution in [0.15, 0.2) is 60.7 Å². The van der Waals surface area contributed by atoms with E-state index in [4.69, 9.17) is 21.1 Å². The molecule has 0 aliphatic carbocycles. The first-order valence-corrected chi connectivity index (χ1v) is 11.4. The lowest BCUT2D eigenvalue weighted by Gasteiger charge is -2.42. The predicted octanol–water partition coefficient (Wildman–Crippen LogP) is 7.32. The van der Waals surface area contributed by atoms with E-state index in [1.807, 2.05) is 25.1 Å². The van der Waals surface area contributed by atoms with Crippen molar-refractivity contribution in [3.8, 4) is 11.5 Å². The van der Waals surface area contributed by atoms with Gasteiger partial charge in [0, 0.05) is 41.0 Å². The van der Waals surface area contributed by atoms with Gasteiger partial charge in [-0.15, -0.1) is 0 Å². The Morgan fingerprint density at radius 3 is 2.26 bits per heavy atom. The Labute approximate surface area is 190 Å². The fourth-order valence-electron chi connectivity index (χ4n) is 4.48. The lowest BCUT2D eigenvalue weighted by atomic mass is 9.77. The number of nitrogens with zero attached hydrogens (tertiary/aromatic N) is 1. The second-order valence-corrected chi connectivity index (χ2v) is 8.67. The summed E-state index contributed by atoms with van der Waals surface area (Å²) in [5.41, 5.74) is 4.31. The van der Waals surface area contributed by atoms with Crippen molar-refractivity contribution in [1.29, 1.82) is 0 Å². The van der Waals surface area contributed by atoms with Crippen molar-refractivity contribution in [2.24, 2.45) is 0 Å². The van der Waals surface area contributed by atoms with Crippen LogP contribution in [0.4, 0.5) is 5.69 Å². The third kappa shape index (κ3) is 3.71. The van der Waals surface area contributed by atoms with E-state index < -0.39 is 5.60 Å². The summed E-state index contributed by atoms with van der Waals surface area (Å²) in [5, 5.41) is 0.707. The molecular weight excluding hydrogens is 406 g/mol. The van der Waals surface area contributed by atoms with Crippen LogP contribution in [0.1, 0.15) is 49.9 Å². The summed E-state index contributed by atoms with van der Waals surface area (Å²) in [6.07, 6.45) is -0.0125. The molecule has 1 heterocycles. The van der Waals surface area contributed by atoms with Gasteiger partial charge in [-0.2, -0.15) is 0 Å². The van der Waals surface area contributed by atoms with Gasteiger partial charge in [-0.3, -0.25) is 0 Å². The number of benzene rings is 3. The highest BCUT2D eigenvalue weighted by atomic mass is 35.5. The molecule has 0 saturated carbocycles. The van der Waals surface area contributed by atoms with Gasteiger partial charge < -0.3 is 14.4 Å². The van der Waals surface area contributed by atoms with Crippen LogP contribution in [0.3, 0.4) is 0 Å². The Kier molecular flexibility index (Phi) is 6.00. The number of hydrogen-bond donors (Lipinski definition) is 0. The normalized spacial score (nSPS) is 17.1. The molecule has 0 N–H and O–H groups in total. The molecule has 162 valence electrons. The summed E-state index contributed by atoms with van der Waals surface area (Å²) in [4.78, 5) is 2.32. The number of hydrogen-bond acceptors (Lipinski definition) is 3. The van der Waals surface area contributed by atoms with Crippen LogP contribution in [-0.4, -0.2) is 19.2 Å². The maximum absolute atomic E-state index is 6.81. The van der Waals surface area contributed by atoms with E-state index in [0.717, 1.165) is 52.5 Å². The second-order valence-electron chi connectivity index (χ2n) is 8.27. The molecular formula is C27H30ClNO2. The van der Waals surface area contributed by atoms with E-state index in [1.54, 1.807) is 0 Å². The topological polar surface area (TPSA) is 21.7 Å². The molecule has 0 bridgehead atoms. The number of aryl methyl sites for hydroxylation is 1. The molecule has 0 saturated heterocycles. The summed E-state index contributed by atoms with van der Waals surface area (Å²) in [6.45, 7) is 12.3. The average molecular weight is 436 g/mol. The number of halogens is 1. The van der Waals surface area contributed by atoms with Crippen molar-refractivity contribution in [3.63, 3.8) is 0 Å². The van der Waals surface area contributed by atoms with Crippen LogP contribution in [0.2, 0.25) is 5.02 Å². The first-order chi connectivity index (χ1) is 14.9. The summed E-state index contributed by atoms with van der Waals surface area (Å²) in [7, 11) is 0. The molecule has 3 nitrogen and oxygen atoms in total. The Hall–Kier alpha value is -2.49. The molecule has 0 radical (unpaired) electrons. The molecule has 1 unspecified atom stereocenters. The number of fused-ring (bicyclic) bond motifs is 2. The van der Waals surface area contributed by atoms with Gasteiger partial charge in [0.1, 0.15) is 11.5 Å². The molecule has 0 aromatic heterocycles. The highest BCUT2D eigenvalue weighted by Crippen LogP contribution is 2.54. The maximum Gasteiger partial charge on any atom is 0.151 e. The van der Waals surface area contributed by atoms with Crippen LogP contribution in [0, 0.1) is 6.92 Å². The second kappa shape index (κ2) is 8.57. The smallest absolute Gasteiger partial charge is 0.151 e. The summed E-state index contributed by atoms with van der Waals surface area (Å²) < 4.78 is 13.3. The van der Waals surface area contributed by atoms with Crippen LogP contribution >= 0.6 is 11.6 Å². The van der Waals surface area contributed by atoms with Crippen molar-refractivity contribution < 1.29 is 9.47 Å². The molecule has 1 aliphatic rings. The van der Waals surface area contributed by atoms with E-state index in [-0.39, 0.29) is 6.10 Å². The predicted molar refractivity (Wildman–Crippen MR) is 129 cm³/mol. The van der Waals surface area contributed by atoms with E-state index >= 15 is 0 Å². The molecule has 1 aliphatic heterocycles. The fourth-order valence-corrected chi connectivity index (χ4v) is 4.65. The van der Waals surface area contributed by atoms with Crippen LogP contribution in [0.25, 0.3) is 0 Å². The third-order valence-corrected chi connectivity index (χ3v) is 6.33. The zero-order valence-corrected chi connectivity index (χ0v) is 19.7. The Balaban J connectivity index is 2.05. The Bertz CT molecular complexity index is 1080. The Morgan fingerprint density at radius 2 is 1.61 bits per heavy atom. The minimum absolute atomic E-state index is 0.0125. The molecule has 31 heavy (non-hydrogen) atoms. The average Bonchev–Trinajstić information content (AvgIpc) is 2.76. The van der Waals surface area contributed by atoms with E-state index in [1.165, 1.54) is 0 Å². The zero-order chi connectivity index (χ0) is 22.2. The lowest BCUT2D eigenvalue weighted by molar-refractivity contribution is -0.0343. The molecule has 0 fully saturated rings. The first-order valence-electron chi connectivity index (χ1n) is 11.0. The van der Waals surface area contributed by atoms with E-state index in [0.29, 0.717) is 5.02 Å². The SMILES string of the molecule is CCN(CC)c1ccc2c(c1)Oc1cc(C)c(Cl)cc1C2(OC(C)C)c1ccccc1. The number of rotatable bonds is 6. The summed E-state index contributed by atoms with van der Waals surface area (Å²) in [6, 6.07) is 20.8. The fraction of sp³-hybridized carbons (Fsp3) is 0.333. The molecule has 0 spiro atoms. The van der Waals surface area contributed by atoms with Gasteiger partial charge in [-0.05, 0) is 70.0 Å². The van der Waals surface area contributed by atoms with Crippen molar-refractivity contribution in [2.45, 2.75) is 46.3 Å². The monoisotopic (exact) mass is 435 g/mol. The largest absolute Gasteiger partial charge is 0.456 e. The van der Waals surface area contributed by atoms with Gasteiger partial charge in [-0.1, -0.05) is 41.9 Å². The van der Waals surface area contributed by atoms with Gasteiger partial charge in [0.15, 0.2) is 5.60 Å². The van der Waals surface area contributed by atoms with Crippen molar-refractivity contribution in [2.75, 3.05) is 18.0 Å². The van der Waals surface area contributed by atoms with Gasteiger partial charge >= 0.3 is 0 Å². The standard InChI is InChI=1S/C27H30ClNO2/c1-6-29(7-2)21-13-14-22-26(16-21)30-25-15-19(5)24(28)17-23(25)27(22,31-18(3)4)20-11-9-8-10-12-20/h8-18H,6-7H2,1-5H3. The van der Waals surface area contributed by atoms with E-state index in [2.05, 4.69) is 75.1 Å². The lowest BCUT2D eigenvalue weighted by Crippen LogP contribution is -2.38. The van der Waals surface area contributed by atoms with E-state index in [9.17, 15) is 0 Å². The maximum atomic E-state index is 6.81. The molecule has 0 amide bonds. The van der Waals surface area contributed by atoms with Gasteiger partial charge in [-0.25, -0.2) is 0 Å². The first kappa shape index (κ1) is 21.7. The third-order valence-electron chi connectivity index (χ3n) is 5.93. The van der Waals surface area contributed by atoms with Crippen molar-refractivity contribution >= 4 is 17.3 Å². The Morgan fingerprint density at radius 1 is 0.935 bits per heavy atom. The number of ether oxygens (including phenoxy) is 2. The highest BCUT2D eigenvalue weighted by molar-refractivity contribution is 6.31. The van der Waals surface area contributed by atoms with Crippen LogP contribution in [-0.2, 0) is 10.3 Å². The van der Waals surface area contributed by atoms with Crippen LogP contribution in [0.5, 0.6) is 11.5 Å². The molecule has 3 aromatic rings. The van der Waals surface area contributed by atoms with Gasteiger partial charge in [0.05, 0.1) is 6.10 Å². The van der Waals surface area contributed by atoms with Gasteiger partial charge in [0.25, 0.3) is 0 Å². The molecule has 4 rings (SSSR count). The molecule has 1 atom stereocenters. The minimum atomic E-state index is -0.808. The number of anilines is 1. The van der Waals surface area contributed by atoms with Crippen molar-refractivity contribution in [1.82, 2.24) is 0 Å². The quantitative estimate of drug-likeness (QED) is 0.405. The summed E-state index contributed by atoms with van der Waals surface area (Å²) in [5.74, 6) is 1.61. The summed E-state index contributed by atoms with van der Waals surface area (Å²) >= 11 is 6.61. The molecule has 3 aromatic carbocycles. The zero-order valence-electron chi connectivity index (χ0n) is 18.9. The van der Waals surface area contributed by atoms with Crippen LogP contribution < -0.4 is 9.64 Å². The van der Waals surface area contributed by atoms with Crippen molar-refractivity contribution in [3.05, 3.63) is 87.9 Å². The highest BCUT2D eigenvalue weighted by Gasteiger charge is 2.46. The van der Waals surface area contributed by atoms with Gasteiger partial charge in [0.2, 0.25) is 0 Å².